The molecule has 0 aromatic rings. The van der Waals surface area contributed by atoms with E-state index < -0.39 is 0 Å². The molecule has 0 aliphatic carbocycles. The lowest BCUT2D eigenvalue weighted by Gasteiger charge is -2.14. The van der Waals surface area contributed by atoms with Crippen LogP contribution in [0.4, 0.5) is 0 Å². The number of unbranched alkanes of at least 4 members (excludes halogenated alkanes) is 2. The molecule has 13 heavy (non-hydrogen) atoms. The van der Waals surface area contributed by atoms with Gasteiger partial charge in [-0.2, -0.15) is 0 Å². The van der Waals surface area contributed by atoms with Crippen molar-refractivity contribution in [3.63, 3.8) is 0 Å². The minimum Gasteiger partial charge on any atom is -0.123 e. The van der Waals surface area contributed by atoms with E-state index in [1.807, 2.05) is 0 Å². The van der Waals surface area contributed by atoms with Crippen LogP contribution < -0.4 is 0 Å². The molecular formula is C11H22Cl2. The van der Waals surface area contributed by atoms with Crippen molar-refractivity contribution in [3.05, 3.63) is 0 Å². The second kappa shape index (κ2) is 6.95. The van der Waals surface area contributed by atoms with Crippen LogP contribution in [0.25, 0.3) is 0 Å². The average molecular weight is 225 g/mol. The molecule has 0 aliphatic heterocycles. The van der Waals surface area contributed by atoms with E-state index in [1.54, 1.807) is 0 Å². The van der Waals surface area contributed by atoms with Crippen LogP contribution in [0.2, 0.25) is 0 Å². The second-order valence-electron chi connectivity index (χ2n) is 4.32. The van der Waals surface area contributed by atoms with Crippen LogP contribution in [0.5, 0.6) is 0 Å². The summed E-state index contributed by atoms with van der Waals surface area (Å²) in [6, 6.07) is 0. The van der Waals surface area contributed by atoms with E-state index in [1.165, 1.54) is 19.3 Å². The fourth-order valence-corrected chi connectivity index (χ4v) is 1.58. The Morgan fingerprint density at radius 1 is 1.15 bits per heavy atom. The molecule has 1 unspecified atom stereocenters. The van der Waals surface area contributed by atoms with Crippen LogP contribution in [0.1, 0.15) is 59.3 Å². The molecule has 0 aromatic carbocycles. The van der Waals surface area contributed by atoms with Gasteiger partial charge in [0.2, 0.25) is 0 Å². The first-order valence-electron chi connectivity index (χ1n) is 5.28. The second-order valence-corrected chi connectivity index (χ2v) is 5.96. The van der Waals surface area contributed by atoms with E-state index in [2.05, 4.69) is 20.8 Å². The number of hydrogen-bond acceptors (Lipinski definition) is 0. The third-order valence-corrected chi connectivity index (χ3v) is 2.95. The molecule has 1 atom stereocenters. The predicted molar refractivity (Wildman–Crippen MR) is 62.9 cm³/mol. The molecule has 80 valence electrons. The smallest absolute Gasteiger partial charge is 0.0390 e. The minimum atomic E-state index is -0.0227. The lowest BCUT2D eigenvalue weighted by molar-refractivity contribution is 0.538. The summed E-state index contributed by atoms with van der Waals surface area (Å²) < 4.78 is 0. The lowest BCUT2D eigenvalue weighted by Crippen LogP contribution is -2.09. The van der Waals surface area contributed by atoms with Gasteiger partial charge in [0.25, 0.3) is 0 Å². The molecule has 0 radical (unpaired) electrons. The summed E-state index contributed by atoms with van der Waals surface area (Å²) >= 11 is 12.1. The van der Waals surface area contributed by atoms with Crippen molar-refractivity contribution in [1.82, 2.24) is 0 Å². The van der Waals surface area contributed by atoms with Crippen LogP contribution in [0.15, 0.2) is 0 Å². The van der Waals surface area contributed by atoms with Gasteiger partial charge in [0.15, 0.2) is 0 Å². The lowest BCUT2D eigenvalue weighted by atomic mass is 10.0. The summed E-state index contributed by atoms with van der Waals surface area (Å²) in [6.07, 6.45) is 7.08. The van der Waals surface area contributed by atoms with Gasteiger partial charge in [-0.3, -0.25) is 0 Å². The molecule has 0 saturated heterocycles. The zero-order valence-corrected chi connectivity index (χ0v) is 10.6. The number of halogens is 2. The van der Waals surface area contributed by atoms with E-state index in [4.69, 9.17) is 23.2 Å². The Bertz CT molecular complexity index is 116. The highest BCUT2D eigenvalue weighted by molar-refractivity contribution is 6.23. The topological polar surface area (TPSA) is 0 Å². The molecular weight excluding hydrogens is 203 g/mol. The quantitative estimate of drug-likeness (QED) is 0.423. The van der Waals surface area contributed by atoms with Gasteiger partial charge in [0.1, 0.15) is 0 Å². The van der Waals surface area contributed by atoms with Crippen molar-refractivity contribution < 1.29 is 0 Å². The Balaban J connectivity index is 3.18. The fourth-order valence-electron chi connectivity index (χ4n) is 1.29. The molecule has 0 nitrogen and oxygen atoms in total. The highest BCUT2D eigenvalue weighted by Gasteiger charge is 2.11. The number of hydrogen-bond donors (Lipinski definition) is 0. The van der Waals surface area contributed by atoms with Crippen molar-refractivity contribution in [1.29, 1.82) is 0 Å². The van der Waals surface area contributed by atoms with E-state index in [0.29, 0.717) is 5.38 Å². The molecule has 0 rings (SSSR count). The van der Waals surface area contributed by atoms with E-state index >= 15 is 0 Å². The van der Waals surface area contributed by atoms with E-state index in [0.717, 1.165) is 19.3 Å². The summed E-state index contributed by atoms with van der Waals surface area (Å²) in [5.74, 6) is 0. The Morgan fingerprint density at radius 3 is 2.23 bits per heavy atom. The minimum absolute atomic E-state index is 0.0227. The van der Waals surface area contributed by atoms with Crippen LogP contribution >= 0.6 is 23.2 Å². The van der Waals surface area contributed by atoms with E-state index in [9.17, 15) is 0 Å². The van der Waals surface area contributed by atoms with Crippen molar-refractivity contribution in [2.24, 2.45) is 0 Å². The summed E-state index contributed by atoms with van der Waals surface area (Å²) in [4.78, 5) is -0.0227. The Morgan fingerprint density at radius 2 is 1.77 bits per heavy atom. The van der Waals surface area contributed by atoms with Crippen molar-refractivity contribution in [3.8, 4) is 0 Å². The molecule has 0 N–H and O–H groups in total. The SMILES string of the molecule is CCC(Cl)CCCCCC(C)(C)Cl. The Kier molecular flexibility index (Phi) is 7.26. The van der Waals surface area contributed by atoms with Gasteiger partial charge in [0, 0.05) is 10.3 Å². The van der Waals surface area contributed by atoms with Crippen LogP contribution in [-0.2, 0) is 0 Å². The Hall–Kier alpha value is 0.580. The third-order valence-electron chi connectivity index (χ3n) is 2.23. The van der Waals surface area contributed by atoms with Crippen LogP contribution in [0, 0.1) is 0 Å². The normalized spacial score (nSPS) is 14.5. The molecule has 0 bridgehead atoms. The molecule has 0 aromatic heterocycles. The van der Waals surface area contributed by atoms with Gasteiger partial charge < -0.3 is 0 Å². The first-order chi connectivity index (χ1) is 5.95. The van der Waals surface area contributed by atoms with Gasteiger partial charge in [0.05, 0.1) is 0 Å². The Labute approximate surface area is 93.0 Å². The van der Waals surface area contributed by atoms with Crippen LogP contribution in [-0.4, -0.2) is 10.3 Å². The van der Waals surface area contributed by atoms with Gasteiger partial charge in [-0.25, -0.2) is 0 Å². The van der Waals surface area contributed by atoms with E-state index in [-0.39, 0.29) is 4.87 Å². The number of alkyl halides is 2. The monoisotopic (exact) mass is 224 g/mol. The predicted octanol–water partition coefficient (Wildman–Crippen LogP) is 4.97. The van der Waals surface area contributed by atoms with Crippen molar-refractivity contribution in [2.45, 2.75) is 69.5 Å². The molecule has 0 heterocycles. The highest BCUT2D eigenvalue weighted by Crippen LogP contribution is 2.22. The van der Waals surface area contributed by atoms with Crippen LogP contribution in [0.3, 0.4) is 0 Å². The summed E-state index contributed by atoms with van der Waals surface area (Å²) in [5, 5.41) is 0.379. The summed E-state index contributed by atoms with van der Waals surface area (Å²) in [7, 11) is 0. The zero-order chi connectivity index (χ0) is 10.3. The molecule has 0 spiro atoms. The molecule has 0 amide bonds. The third kappa shape index (κ3) is 10.5. The summed E-state index contributed by atoms with van der Waals surface area (Å²) in [5.41, 5.74) is 0. The fraction of sp³-hybridized carbons (Fsp3) is 1.00. The zero-order valence-electron chi connectivity index (χ0n) is 9.08. The van der Waals surface area contributed by atoms with Crippen molar-refractivity contribution >= 4 is 23.2 Å². The maximum absolute atomic E-state index is 6.08. The van der Waals surface area contributed by atoms with Gasteiger partial charge in [-0.05, 0) is 33.1 Å². The largest absolute Gasteiger partial charge is 0.123 e. The first-order valence-corrected chi connectivity index (χ1v) is 6.10. The maximum atomic E-state index is 6.08. The van der Waals surface area contributed by atoms with Gasteiger partial charge in [-0.15, -0.1) is 23.2 Å². The first kappa shape index (κ1) is 13.6. The van der Waals surface area contributed by atoms with Gasteiger partial charge in [-0.1, -0.05) is 26.2 Å². The van der Waals surface area contributed by atoms with Gasteiger partial charge >= 0.3 is 0 Å². The average Bonchev–Trinajstić information content (AvgIpc) is 2.01. The molecule has 0 fully saturated rings. The highest BCUT2D eigenvalue weighted by atomic mass is 35.5. The standard InChI is InChI=1S/C11H22Cl2/c1-4-10(12)8-6-5-7-9-11(2,3)13/h10H,4-9H2,1-3H3. The molecule has 2 heteroatoms. The van der Waals surface area contributed by atoms with Crippen molar-refractivity contribution in [2.75, 3.05) is 0 Å². The number of rotatable bonds is 7. The molecule has 0 aliphatic rings. The maximum Gasteiger partial charge on any atom is 0.0390 e. The molecule has 0 saturated carbocycles. The summed E-state index contributed by atoms with van der Waals surface area (Å²) in [6.45, 7) is 6.29.